The van der Waals surface area contributed by atoms with Crippen LogP contribution in [0.5, 0.6) is 0 Å². The first-order valence-corrected chi connectivity index (χ1v) is 9.07. The van der Waals surface area contributed by atoms with Crippen LogP contribution in [0.2, 0.25) is 0 Å². The zero-order chi connectivity index (χ0) is 21.8. The number of esters is 1. The van der Waals surface area contributed by atoms with Crippen molar-refractivity contribution in [1.29, 1.82) is 0 Å². The summed E-state index contributed by atoms with van der Waals surface area (Å²) < 4.78 is 42.8. The number of halogens is 3. The number of carbonyl (C=O) groups is 2. The third-order valence-electron chi connectivity index (χ3n) is 4.53. The van der Waals surface area contributed by atoms with Gasteiger partial charge in [-0.3, -0.25) is 4.79 Å². The van der Waals surface area contributed by atoms with Gasteiger partial charge in [-0.1, -0.05) is 45.0 Å². The minimum atomic E-state index is -4.44. The molecule has 156 valence electrons. The Morgan fingerprint density at radius 1 is 0.931 bits per heavy atom. The summed E-state index contributed by atoms with van der Waals surface area (Å²) in [6.07, 6.45) is -4.43. The van der Waals surface area contributed by atoms with Crippen LogP contribution >= 0.6 is 0 Å². The number of benzene rings is 2. The third kappa shape index (κ3) is 6.07. The molecule has 1 atom stereocenters. The molecule has 0 saturated carbocycles. The summed E-state index contributed by atoms with van der Waals surface area (Å²) in [7, 11) is 1.19. The predicted octanol–water partition coefficient (Wildman–Crippen LogP) is 4.52. The molecule has 4 nitrogen and oxygen atoms in total. The molecule has 2 rings (SSSR count). The first-order valence-electron chi connectivity index (χ1n) is 9.07. The largest absolute Gasteiger partial charge is 0.467 e. The molecule has 1 amide bonds. The predicted molar refractivity (Wildman–Crippen MR) is 104 cm³/mol. The normalized spacial score (nSPS) is 12.9. The molecule has 0 fully saturated rings. The van der Waals surface area contributed by atoms with Gasteiger partial charge in [0.15, 0.2) is 0 Å². The Morgan fingerprint density at radius 3 is 1.90 bits per heavy atom. The second-order valence-corrected chi connectivity index (χ2v) is 7.78. The fourth-order valence-electron chi connectivity index (χ4n) is 2.76. The molecule has 7 heteroatoms. The number of hydrogen-bond acceptors (Lipinski definition) is 3. The molecule has 0 aromatic heterocycles. The maximum Gasteiger partial charge on any atom is 0.416 e. The molecule has 0 aliphatic heterocycles. The second kappa shape index (κ2) is 8.68. The molecule has 2 aromatic carbocycles. The van der Waals surface area contributed by atoms with Crippen molar-refractivity contribution in [3.63, 3.8) is 0 Å². The molecule has 29 heavy (non-hydrogen) atoms. The fraction of sp³-hybridized carbons (Fsp3) is 0.364. The summed E-state index contributed by atoms with van der Waals surface area (Å²) in [5.41, 5.74) is 1.06. The minimum absolute atomic E-state index is 0.0105. The van der Waals surface area contributed by atoms with Gasteiger partial charge >= 0.3 is 12.1 Å². The number of carbonyl (C=O) groups excluding carboxylic acids is 2. The average Bonchev–Trinajstić information content (AvgIpc) is 2.66. The van der Waals surface area contributed by atoms with Crippen LogP contribution in [0, 0.1) is 0 Å². The van der Waals surface area contributed by atoms with Crippen molar-refractivity contribution >= 4 is 11.9 Å². The van der Waals surface area contributed by atoms with Gasteiger partial charge in [0, 0.05) is 12.0 Å². The Labute approximate surface area is 168 Å². The van der Waals surface area contributed by atoms with Gasteiger partial charge in [-0.05, 0) is 40.8 Å². The molecule has 0 aliphatic rings. The lowest BCUT2D eigenvalue weighted by Crippen LogP contribution is -2.43. The van der Waals surface area contributed by atoms with E-state index in [-0.39, 0.29) is 11.8 Å². The smallest absolute Gasteiger partial charge is 0.416 e. The van der Waals surface area contributed by atoms with Crippen molar-refractivity contribution in [2.45, 2.75) is 44.8 Å². The lowest BCUT2D eigenvalue weighted by molar-refractivity contribution is -0.143. The number of ether oxygens (including phenoxy) is 1. The van der Waals surface area contributed by atoms with Crippen LogP contribution in [0.1, 0.15) is 47.8 Å². The van der Waals surface area contributed by atoms with Gasteiger partial charge in [0.2, 0.25) is 0 Å². The number of methoxy groups -OCH3 is 1. The first-order chi connectivity index (χ1) is 13.4. The van der Waals surface area contributed by atoms with Crippen LogP contribution in [0.15, 0.2) is 48.5 Å². The Balaban J connectivity index is 2.14. The Bertz CT molecular complexity index is 851. The summed E-state index contributed by atoms with van der Waals surface area (Å²) >= 11 is 0. The molecular formula is C22H24F3NO3. The number of hydrogen-bond donors (Lipinski definition) is 1. The van der Waals surface area contributed by atoms with E-state index < -0.39 is 29.7 Å². The maximum atomic E-state index is 12.7. The summed E-state index contributed by atoms with van der Waals surface area (Å²) in [6.45, 7) is 6.16. The van der Waals surface area contributed by atoms with E-state index in [4.69, 9.17) is 4.74 Å². The number of rotatable bonds is 5. The van der Waals surface area contributed by atoms with Gasteiger partial charge in [-0.15, -0.1) is 0 Å². The maximum absolute atomic E-state index is 12.7. The summed E-state index contributed by atoms with van der Waals surface area (Å²) in [5, 5.41) is 2.60. The fourth-order valence-corrected chi connectivity index (χ4v) is 2.76. The highest BCUT2D eigenvalue weighted by atomic mass is 19.4. The highest BCUT2D eigenvalue weighted by Crippen LogP contribution is 2.29. The average molecular weight is 407 g/mol. The van der Waals surface area contributed by atoms with Crippen molar-refractivity contribution in [3.05, 3.63) is 70.8 Å². The highest BCUT2D eigenvalue weighted by molar-refractivity contribution is 5.96. The number of amides is 1. The van der Waals surface area contributed by atoms with E-state index in [1.807, 2.05) is 12.1 Å². The quantitative estimate of drug-likeness (QED) is 0.742. The second-order valence-electron chi connectivity index (χ2n) is 7.78. The van der Waals surface area contributed by atoms with Crippen molar-refractivity contribution in [1.82, 2.24) is 5.32 Å². The molecule has 0 radical (unpaired) electrons. The van der Waals surface area contributed by atoms with E-state index in [0.717, 1.165) is 17.7 Å². The van der Waals surface area contributed by atoms with Gasteiger partial charge in [0.25, 0.3) is 5.91 Å². The minimum Gasteiger partial charge on any atom is -0.467 e. The van der Waals surface area contributed by atoms with E-state index in [0.29, 0.717) is 11.1 Å². The van der Waals surface area contributed by atoms with Crippen molar-refractivity contribution < 1.29 is 27.5 Å². The van der Waals surface area contributed by atoms with Crippen LogP contribution in [0.4, 0.5) is 13.2 Å². The lowest BCUT2D eigenvalue weighted by Gasteiger charge is -2.20. The Morgan fingerprint density at radius 2 is 1.45 bits per heavy atom. The number of alkyl halides is 3. The highest BCUT2D eigenvalue weighted by Gasteiger charge is 2.30. The van der Waals surface area contributed by atoms with Crippen molar-refractivity contribution in [2.24, 2.45) is 0 Å². The van der Waals surface area contributed by atoms with Crippen LogP contribution in [-0.2, 0) is 27.5 Å². The molecule has 0 saturated heterocycles. The van der Waals surface area contributed by atoms with Crippen molar-refractivity contribution in [2.75, 3.05) is 7.11 Å². The summed E-state index contributed by atoms with van der Waals surface area (Å²) in [4.78, 5) is 24.6. The monoisotopic (exact) mass is 407 g/mol. The molecule has 1 N–H and O–H groups in total. The Kier molecular flexibility index (Phi) is 6.72. The molecule has 2 aromatic rings. The first kappa shape index (κ1) is 22.5. The summed E-state index contributed by atoms with van der Waals surface area (Å²) in [5.74, 6) is -1.14. The molecule has 0 bridgehead atoms. The van der Waals surface area contributed by atoms with Gasteiger partial charge in [0.1, 0.15) is 6.04 Å². The molecule has 0 aliphatic carbocycles. The van der Waals surface area contributed by atoms with E-state index in [1.165, 1.54) is 19.2 Å². The van der Waals surface area contributed by atoms with E-state index in [1.54, 1.807) is 12.1 Å². The SMILES string of the molecule is COC(=O)[C@H](Cc1ccc(C(F)(F)F)cc1)NC(=O)c1ccc(C(C)(C)C)cc1. The van der Waals surface area contributed by atoms with Crippen LogP contribution in [-0.4, -0.2) is 25.0 Å². The van der Waals surface area contributed by atoms with Gasteiger partial charge in [-0.2, -0.15) is 13.2 Å². The topological polar surface area (TPSA) is 55.4 Å². The van der Waals surface area contributed by atoms with Crippen LogP contribution in [0.25, 0.3) is 0 Å². The van der Waals surface area contributed by atoms with Crippen molar-refractivity contribution in [3.8, 4) is 0 Å². The molecule has 0 unspecified atom stereocenters. The zero-order valence-corrected chi connectivity index (χ0v) is 16.8. The molecular weight excluding hydrogens is 383 g/mol. The lowest BCUT2D eigenvalue weighted by atomic mass is 9.86. The number of nitrogens with one attached hydrogen (secondary N) is 1. The van der Waals surface area contributed by atoms with E-state index in [2.05, 4.69) is 26.1 Å². The Hall–Kier alpha value is -2.83. The third-order valence-corrected chi connectivity index (χ3v) is 4.53. The van der Waals surface area contributed by atoms with Gasteiger partial charge in [-0.25, -0.2) is 4.79 Å². The van der Waals surface area contributed by atoms with Gasteiger partial charge in [0.05, 0.1) is 12.7 Å². The van der Waals surface area contributed by atoms with Crippen LogP contribution < -0.4 is 5.32 Å². The summed E-state index contributed by atoms with van der Waals surface area (Å²) in [6, 6.07) is 10.5. The molecule has 0 spiro atoms. The van der Waals surface area contributed by atoms with Crippen LogP contribution in [0.3, 0.4) is 0 Å². The van der Waals surface area contributed by atoms with E-state index in [9.17, 15) is 22.8 Å². The zero-order valence-electron chi connectivity index (χ0n) is 16.8. The van der Waals surface area contributed by atoms with Gasteiger partial charge < -0.3 is 10.1 Å². The molecule has 0 heterocycles. The standard InChI is InChI=1S/C22H24F3NO3/c1-21(2,3)16-11-7-15(8-12-16)19(27)26-18(20(28)29-4)13-14-5-9-17(10-6-14)22(23,24)25/h5-12,18H,13H2,1-4H3,(H,26,27)/t18-/m0/s1. The van der Waals surface area contributed by atoms with E-state index >= 15 is 0 Å².